The van der Waals surface area contributed by atoms with Crippen molar-refractivity contribution in [1.82, 2.24) is 0 Å². The molecule has 0 saturated carbocycles. The molecule has 0 aromatic heterocycles. The van der Waals surface area contributed by atoms with E-state index in [-0.39, 0.29) is 11.3 Å². The molecule has 0 bridgehead atoms. The van der Waals surface area contributed by atoms with Crippen molar-refractivity contribution < 1.29 is 23.9 Å². The molecule has 0 radical (unpaired) electrons. The topological polar surface area (TPSA) is 80.8 Å². The van der Waals surface area contributed by atoms with E-state index in [1.807, 2.05) is 0 Å². The van der Waals surface area contributed by atoms with Gasteiger partial charge in [-0.05, 0) is 12.1 Å². The number of amides is 1. The van der Waals surface area contributed by atoms with E-state index in [1.165, 1.54) is 6.07 Å². The summed E-state index contributed by atoms with van der Waals surface area (Å²) in [4.78, 5) is 48.6. The molecule has 0 aliphatic carbocycles. The molecule has 0 spiro atoms. The highest BCUT2D eigenvalue weighted by Crippen LogP contribution is 2.28. The number of esters is 1. The molecule has 0 atom stereocenters. The zero-order chi connectivity index (χ0) is 17.1. The minimum atomic E-state index is -0.756. The quantitative estimate of drug-likeness (QED) is 0.364. The van der Waals surface area contributed by atoms with Crippen LogP contribution in [-0.2, 0) is 14.3 Å². The van der Waals surface area contributed by atoms with Gasteiger partial charge < -0.3 is 4.74 Å². The predicted octanol–water partition coefficient (Wildman–Crippen LogP) is 1.99. The first-order valence-electron chi connectivity index (χ1n) is 7.27. The number of benzene rings is 2. The van der Waals surface area contributed by atoms with Crippen molar-refractivity contribution in [3.8, 4) is 0 Å². The van der Waals surface area contributed by atoms with E-state index in [1.54, 1.807) is 48.5 Å². The van der Waals surface area contributed by atoms with Crippen molar-refractivity contribution >= 4 is 29.1 Å². The maximum Gasteiger partial charge on any atom is 0.315 e. The van der Waals surface area contributed by atoms with Crippen molar-refractivity contribution in [2.75, 3.05) is 11.6 Å². The van der Waals surface area contributed by atoms with E-state index in [2.05, 4.69) is 0 Å². The number of nitrogens with zero attached hydrogens (tertiary/aromatic N) is 1. The summed E-state index contributed by atoms with van der Waals surface area (Å²) in [7, 11) is 0. The number of anilines is 1. The minimum Gasteiger partial charge on any atom is -0.443 e. The molecular formula is C18H13NO5. The molecule has 120 valence electrons. The number of carbonyl (C=O) groups is 4. The minimum absolute atomic E-state index is 0.277. The molecule has 0 N–H and O–H groups in total. The molecule has 0 saturated heterocycles. The van der Waals surface area contributed by atoms with Gasteiger partial charge in [0.25, 0.3) is 5.78 Å². The number of Topliss-reactive ketones (excluding diaryl/α,β-unsaturated/α-hetero) is 2. The largest absolute Gasteiger partial charge is 0.443 e. The van der Waals surface area contributed by atoms with Gasteiger partial charge >= 0.3 is 11.9 Å². The van der Waals surface area contributed by atoms with Gasteiger partial charge in [0.1, 0.15) is 6.42 Å². The second-order valence-electron chi connectivity index (χ2n) is 5.19. The summed E-state index contributed by atoms with van der Waals surface area (Å²) in [5.74, 6) is -2.52. The lowest BCUT2D eigenvalue weighted by molar-refractivity contribution is -0.142. The third-order valence-electron chi connectivity index (χ3n) is 3.63. The lowest BCUT2D eigenvalue weighted by Crippen LogP contribution is -2.33. The highest BCUT2D eigenvalue weighted by molar-refractivity contribution is 6.52. The van der Waals surface area contributed by atoms with Gasteiger partial charge in [-0.1, -0.05) is 42.5 Å². The Kier molecular flexibility index (Phi) is 4.20. The van der Waals surface area contributed by atoms with E-state index < -0.39 is 30.8 Å². The summed E-state index contributed by atoms with van der Waals surface area (Å²) in [6, 6.07) is 14.8. The SMILES string of the molecule is O=C(CC(=O)c1ccccc1)OCN1C(=O)C(=O)c2ccccc21. The third-order valence-corrected chi connectivity index (χ3v) is 3.63. The van der Waals surface area contributed by atoms with Crippen LogP contribution in [0.15, 0.2) is 54.6 Å². The Morgan fingerprint density at radius 2 is 1.58 bits per heavy atom. The smallest absolute Gasteiger partial charge is 0.315 e. The summed E-state index contributed by atoms with van der Waals surface area (Å²) in [5.41, 5.74) is 1.08. The number of hydrogen-bond acceptors (Lipinski definition) is 5. The van der Waals surface area contributed by atoms with E-state index in [0.29, 0.717) is 11.3 Å². The van der Waals surface area contributed by atoms with Gasteiger partial charge in [-0.2, -0.15) is 0 Å². The number of fused-ring (bicyclic) bond motifs is 1. The summed E-state index contributed by atoms with van der Waals surface area (Å²) in [5, 5.41) is 0. The van der Waals surface area contributed by atoms with Crippen LogP contribution in [0.2, 0.25) is 0 Å². The molecule has 0 fully saturated rings. The lowest BCUT2D eigenvalue weighted by atomic mass is 10.1. The summed E-state index contributed by atoms with van der Waals surface area (Å²) in [6.45, 7) is -0.400. The zero-order valence-corrected chi connectivity index (χ0v) is 12.6. The average molecular weight is 323 g/mol. The van der Waals surface area contributed by atoms with Gasteiger partial charge in [0, 0.05) is 5.56 Å². The Bertz CT molecular complexity index is 828. The molecule has 1 heterocycles. The van der Waals surface area contributed by atoms with Crippen LogP contribution in [0.5, 0.6) is 0 Å². The molecular weight excluding hydrogens is 310 g/mol. The Balaban J connectivity index is 1.62. The van der Waals surface area contributed by atoms with Crippen molar-refractivity contribution in [1.29, 1.82) is 0 Å². The fourth-order valence-corrected chi connectivity index (χ4v) is 2.42. The number of hydrogen-bond donors (Lipinski definition) is 0. The Morgan fingerprint density at radius 1 is 0.917 bits per heavy atom. The van der Waals surface area contributed by atoms with Crippen LogP contribution < -0.4 is 4.90 Å². The van der Waals surface area contributed by atoms with Crippen LogP contribution >= 0.6 is 0 Å². The molecule has 1 aliphatic rings. The molecule has 24 heavy (non-hydrogen) atoms. The second-order valence-corrected chi connectivity index (χ2v) is 5.19. The molecule has 6 nitrogen and oxygen atoms in total. The summed E-state index contributed by atoms with van der Waals surface area (Å²) < 4.78 is 4.99. The molecule has 2 aromatic rings. The molecule has 1 amide bonds. The Morgan fingerprint density at radius 3 is 2.33 bits per heavy atom. The van der Waals surface area contributed by atoms with E-state index >= 15 is 0 Å². The Hall–Kier alpha value is -3.28. The predicted molar refractivity (Wildman–Crippen MR) is 84.6 cm³/mol. The number of para-hydroxylation sites is 1. The number of ketones is 2. The highest BCUT2D eigenvalue weighted by atomic mass is 16.5. The molecule has 1 aliphatic heterocycles. The third kappa shape index (κ3) is 2.94. The maximum absolute atomic E-state index is 11.9. The normalized spacial score (nSPS) is 12.9. The first kappa shape index (κ1) is 15.6. The average Bonchev–Trinajstić information content (AvgIpc) is 2.85. The maximum atomic E-state index is 11.9. The zero-order valence-electron chi connectivity index (χ0n) is 12.6. The number of ether oxygens (including phenoxy) is 1. The van der Waals surface area contributed by atoms with E-state index in [9.17, 15) is 19.2 Å². The summed E-state index contributed by atoms with van der Waals surface area (Å²) >= 11 is 0. The van der Waals surface area contributed by atoms with Crippen LogP contribution in [0.1, 0.15) is 27.1 Å². The first-order valence-corrected chi connectivity index (χ1v) is 7.27. The molecule has 6 heteroatoms. The van der Waals surface area contributed by atoms with Gasteiger partial charge in [0.15, 0.2) is 12.5 Å². The fraction of sp³-hybridized carbons (Fsp3) is 0.111. The first-order chi connectivity index (χ1) is 11.6. The molecule has 0 unspecified atom stereocenters. The van der Waals surface area contributed by atoms with Gasteiger partial charge in [-0.3, -0.25) is 24.1 Å². The van der Waals surface area contributed by atoms with Crippen LogP contribution in [0.4, 0.5) is 5.69 Å². The van der Waals surface area contributed by atoms with Crippen LogP contribution in [0.25, 0.3) is 0 Å². The van der Waals surface area contributed by atoms with Crippen molar-refractivity contribution in [2.24, 2.45) is 0 Å². The number of carbonyl (C=O) groups excluding carboxylic acids is 4. The van der Waals surface area contributed by atoms with Crippen molar-refractivity contribution in [3.63, 3.8) is 0 Å². The fourth-order valence-electron chi connectivity index (χ4n) is 2.42. The van der Waals surface area contributed by atoms with Gasteiger partial charge in [0.2, 0.25) is 0 Å². The molecule has 3 rings (SSSR count). The lowest BCUT2D eigenvalue weighted by Gasteiger charge is -2.16. The van der Waals surface area contributed by atoms with E-state index in [0.717, 1.165) is 4.90 Å². The molecule has 2 aromatic carbocycles. The highest BCUT2D eigenvalue weighted by Gasteiger charge is 2.36. The van der Waals surface area contributed by atoms with Crippen molar-refractivity contribution in [3.05, 3.63) is 65.7 Å². The van der Waals surface area contributed by atoms with Crippen LogP contribution in [-0.4, -0.2) is 30.2 Å². The number of rotatable bonds is 5. The van der Waals surface area contributed by atoms with Gasteiger partial charge in [-0.15, -0.1) is 0 Å². The monoisotopic (exact) mass is 323 g/mol. The van der Waals surface area contributed by atoms with Gasteiger partial charge in [0.05, 0.1) is 11.3 Å². The summed E-state index contributed by atoms with van der Waals surface area (Å²) in [6.07, 6.45) is -0.429. The van der Waals surface area contributed by atoms with Crippen molar-refractivity contribution in [2.45, 2.75) is 6.42 Å². The standard InChI is InChI=1S/C18H13NO5/c20-15(12-6-2-1-3-7-12)10-16(21)24-11-19-14-9-5-4-8-13(14)17(22)18(19)23/h1-9H,10-11H2. The Labute approximate surface area is 137 Å². The van der Waals surface area contributed by atoms with E-state index in [4.69, 9.17) is 4.74 Å². The van der Waals surface area contributed by atoms with Crippen LogP contribution in [0.3, 0.4) is 0 Å². The van der Waals surface area contributed by atoms with Crippen LogP contribution in [0, 0.1) is 0 Å². The van der Waals surface area contributed by atoms with Gasteiger partial charge in [-0.25, -0.2) is 0 Å². The second kappa shape index (κ2) is 6.45.